The van der Waals surface area contributed by atoms with Crippen molar-refractivity contribution in [1.82, 2.24) is 0 Å². The molecule has 0 bridgehead atoms. The molecule has 2 N–H and O–H groups in total. The number of carbonyl (C=O) groups excluding carboxylic acids is 1. The summed E-state index contributed by atoms with van der Waals surface area (Å²) in [6.07, 6.45) is 49.1. The van der Waals surface area contributed by atoms with Crippen molar-refractivity contribution in [2.24, 2.45) is 0 Å². The standard InChI is InChI=1S/C46H82NO8P/c1-5-6-7-8-9-10-11-12-13-19-22-25-28-31-34-37-41-52-43-45(44-54-56(50,51)53-42-39-47(2,3)4)55-46(49)38-35-32-29-26-23-20-17-15-14-16-18-21-24-27-30-33-36-40-48/h12-14,16-17,20-21,24,26,29,37,41,45,48H,5-11,15,18-19,22-23,25,27-28,30-36,38-40,42-44H2,1-4H3/p+1/b13-12-,16-14-,20-17-,24-21-,29-26-,41-37+/t45-/m1/s1. The van der Waals surface area contributed by atoms with Gasteiger partial charge in [-0.15, -0.1) is 0 Å². The zero-order valence-corrected chi connectivity index (χ0v) is 36.9. The lowest BCUT2D eigenvalue weighted by Gasteiger charge is -2.24. The number of rotatable bonds is 40. The first-order valence-electron chi connectivity index (χ1n) is 21.8. The molecule has 0 heterocycles. The number of nitrogens with zero attached hydrogens (tertiary/aromatic N) is 1. The van der Waals surface area contributed by atoms with Gasteiger partial charge in [0.05, 0.1) is 34.0 Å². The van der Waals surface area contributed by atoms with Crippen LogP contribution in [0.1, 0.15) is 155 Å². The van der Waals surface area contributed by atoms with Crippen LogP contribution in [0.3, 0.4) is 0 Å². The summed E-state index contributed by atoms with van der Waals surface area (Å²) in [6.45, 7) is 2.83. The average Bonchev–Trinajstić information content (AvgIpc) is 3.15. The number of unbranched alkanes of at least 4 members (excludes halogenated alkanes) is 15. The van der Waals surface area contributed by atoms with Gasteiger partial charge < -0.3 is 24.0 Å². The predicted octanol–water partition coefficient (Wildman–Crippen LogP) is 12.0. The van der Waals surface area contributed by atoms with E-state index in [1.54, 1.807) is 6.26 Å². The van der Waals surface area contributed by atoms with Crippen molar-refractivity contribution in [3.8, 4) is 0 Å². The van der Waals surface area contributed by atoms with Crippen molar-refractivity contribution >= 4 is 13.8 Å². The zero-order valence-electron chi connectivity index (χ0n) is 36.0. The van der Waals surface area contributed by atoms with E-state index in [0.29, 0.717) is 17.4 Å². The molecule has 0 aliphatic carbocycles. The summed E-state index contributed by atoms with van der Waals surface area (Å²) in [5, 5.41) is 8.80. The molecule has 0 spiro atoms. The fraction of sp³-hybridized carbons (Fsp3) is 0.717. The van der Waals surface area contributed by atoms with Gasteiger partial charge in [0.2, 0.25) is 0 Å². The number of phosphoric acid groups is 1. The number of hydrogen-bond donors (Lipinski definition) is 2. The molecule has 0 amide bonds. The van der Waals surface area contributed by atoms with Crippen LogP contribution in [-0.2, 0) is 27.9 Å². The Hall–Kier alpha value is -2.26. The van der Waals surface area contributed by atoms with E-state index in [2.05, 4.69) is 67.7 Å². The first kappa shape index (κ1) is 53.7. The molecular weight excluding hydrogens is 725 g/mol. The molecule has 0 aromatic rings. The minimum absolute atomic E-state index is 0.0104. The molecule has 324 valence electrons. The molecule has 0 saturated carbocycles. The van der Waals surface area contributed by atoms with E-state index in [1.807, 2.05) is 27.2 Å². The van der Waals surface area contributed by atoms with Crippen LogP contribution in [-0.4, -0.2) is 80.7 Å². The fourth-order valence-corrected chi connectivity index (χ4v) is 6.17. The lowest BCUT2D eigenvalue weighted by atomic mass is 10.1. The lowest BCUT2D eigenvalue weighted by Crippen LogP contribution is -2.37. The molecular formula is C46H83NO8P+. The highest BCUT2D eigenvalue weighted by atomic mass is 31.2. The number of allylic oxidation sites excluding steroid dienone is 11. The minimum atomic E-state index is -4.32. The quantitative estimate of drug-likeness (QED) is 0.0157. The van der Waals surface area contributed by atoms with Crippen LogP contribution in [0.15, 0.2) is 73.1 Å². The van der Waals surface area contributed by atoms with Crippen LogP contribution in [0.25, 0.3) is 0 Å². The van der Waals surface area contributed by atoms with Gasteiger partial charge in [-0.3, -0.25) is 13.8 Å². The fourth-order valence-electron chi connectivity index (χ4n) is 5.42. The summed E-state index contributed by atoms with van der Waals surface area (Å²) in [6, 6.07) is 0. The van der Waals surface area contributed by atoms with Crippen molar-refractivity contribution < 1.29 is 42.4 Å². The topological polar surface area (TPSA) is 112 Å². The van der Waals surface area contributed by atoms with Gasteiger partial charge in [-0.25, -0.2) is 4.57 Å². The maximum absolute atomic E-state index is 12.6. The third-order valence-corrected chi connectivity index (χ3v) is 9.84. The summed E-state index contributed by atoms with van der Waals surface area (Å²) in [7, 11) is 1.57. The van der Waals surface area contributed by atoms with Gasteiger partial charge in [0.25, 0.3) is 0 Å². The number of ether oxygens (including phenoxy) is 2. The third-order valence-electron chi connectivity index (χ3n) is 8.86. The molecule has 9 nitrogen and oxygen atoms in total. The third kappa shape index (κ3) is 42.9. The first-order chi connectivity index (χ1) is 27.1. The van der Waals surface area contributed by atoms with E-state index < -0.39 is 19.9 Å². The molecule has 10 heteroatoms. The van der Waals surface area contributed by atoms with E-state index in [0.717, 1.165) is 70.6 Å². The van der Waals surface area contributed by atoms with Gasteiger partial charge >= 0.3 is 13.8 Å². The molecule has 0 aliphatic heterocycles. The number of phosphoric ester groups is 1. The molecule has 0 saturated heterocycles. The minimum Gasteiger partial charge on any atom is -0.498 e. The molecule has 0 aromatic heterocycles. The highest BCUT2D eigenvalue weighted by molar-refractivity contribution is 7.47. The molecule has 0 aromatic carbocycles. The largest absolute Gasteiger partial charge is 0.498 e. The van der Waals surface area contributed by atoms with Gasteiger partial charge in [-0.1, -0.05) is 119 Å². The SMILES string of the molecule is CCCCCCCC/C=C\CCCCCC/C=C/OC[C@H](COP(=O)(O)OCC[N+](C)(C)C)OC(=O)CCC/C=C\C/C=C\C/C=C\C/C=C\CCCCCO. The van der Waals surface area contributed by atoms with Gasteiger partial charge in [-0.2, -0.15) is 0 Å². The molecule has 1 unspecified atom stereocenters. The number of carbonyl (C=O) groups is 1. The first-order valence-corrected chi connectivity index (χ1v) is 23.3. The Morgan fingerprint density at radius 1 is 0.607 bits per heavy atom. The number of quaternary nitrogens is 1. The van der Waals surface area contributed by atoms with Crippen LogP contribution in [0.2, 0.25) is 0 Å². The van der Waals surface area contributed by atoms with Gasteiger partial charge in [-0.05, 0) is 96.0 Å². The monoisotopic (exact) mass is 809 g/mol. The number of aliphatic hydroxyl groups is 1. The Bertz CT molecular complexity index is 1120. The van der Waals surface area contributed by atoms with E-state index in [4.69, 9.17) is 23.6 Å². The van der Waals surface area contributed by atoms with Crippen LogP contribution in [0.5, 0.6) is 0 Å². The Kier molecular flexibility index (Phi) is 38.0. The summed E-state index contributed by atoms with van der Waals surface area (Å²) >= 11 is 0. The summed E-state index contributed by atoms with van der Waals surface area (Å²) in [5.41, 5.74) is 0. The van der Waals surface area contributed by atoms with Crippen LogP contribution in [0, 0.1) is 0 Å². The van der Waals surface area contributed by atoms with E-state index in [9.17, 15) is 14.3 Å². The molecule has 2 atom stereocenters. The second-order valence-corrected chi connectivity index (χ2v) is 17.0. The van der Waals surface area contributed by atoms with Crippen LogP contribution in [0.4, 0.5) is 0 Å². The highest BCUT2D eigenvalue weighted by Crippen LogP contribution is 2.43. The van der Waals surface area contributed by atoms with Crippen molar-refractivity contribution in [3.63, 3.8) is 0 Å². The molecule has 0 fully saturated rings. The van der Waals surface area contributed by atoms with Crippen molar-refractivity contribution in [1.29, 1.82) is 0 Å². The van der Waals surface area contributed by atoms with Gasteiger partial charge in [0.15, 0.2) is 6.10 Å². The van der Waals surface area contributed by atoms with E-state index in [-0.39, 0.29) is 32.8 Å². The molecule has 0 radical (unpaired) electrons. The van der Waals surface area contributed by atoms with Crippen molar-refractivity contribution in [2.45, 2.75) is 161 Å². The second kappa shape index (κ2) is 39.6. The van der Waals surface area contributed by atoms with Crippen LogP contribution >= 0.6 is 7.82 Å². The van der Waals surface area contributed by atoms with E-state index in [1.165, 1.54) is 64.2 Å². The summed E-state index contributed by atoms with van der Waals surface area (Å²) in [4.78, 5) is 22.8. The summed E-state index contributed by atoms with van der Waals surface area (Å²) in [5.74, 6) is -0.404. The lowest BCUT2D eigenvalue weighted by molar-refractivity contribution is -0.870. The highest BCUT2D eigenvalue weighted by Gasteiger charge is 2.26. The Balaban J connectivity index is 4.42. The smallest absolute Gasteiger partial charge is 0.472 e. The summed E-state index contributed by atoms with van der Waals surface area (Å²) < 4.78 is 34.6. The van der Waals surface area contributed by atoms with Gasteiger partial charge in [0, 0.05) is 13.0 Å². The Morgan fingerprint density at radius 2 is 1.07 bits per heavy atom. The van der Waals surface area contributed by atoms with Crippen molar-refractivity contribution in [2.75, 3.05) is 54.1 Å². The predicted molar refractivity (Wildman–Crippen MR) is 234 cm³/mol. The van der Waals surface area contributed by atoms with Crippen LogP contribution < -0.4 is 0 Å². The number of hydrogen-bond acceptors (Lipinski definition) is 7. The zero-order chi connectivity index (χ0) is 41.3. The molecule has 0 rings (SSSR count). The Morgan fingerprint density at radius 3 is 1.61 bits per heavy atom. The second-order valence-electron chi connectivity index (χ2n) is 15.5. The van der Waals surface area contributed by atoms with Gasteiger partial charge in [0.1, 0.15) is 19.8 Å². The molecule has 0 aliphatic rings. The maximum atomic E-state index is 12.6. The Labute approximate surface area is 343 Å². The number of esters is 1. The maximum Gasteiger partial charge on any atom is 0.472 e. The number of aliphatic hydroxyl groups excluding tert-OH is 1. The number of likely N-dealkylation sites (N-methyl/N-ethyl adjacent to an activating group) is 1. The van der Waals surface area contributed by atoms with Crippen molar-refractivity contribution in [3.05, 3.63) is 73.1 Å². The van der Waals surface area contributed by atoms with E-state index >= 15 is 0 Å². The average molecular weight is 809 g/mol. The molecule has 56 heavy (non-hydrogen) atoms. The normalized spacial score (nSPS) is 14.4.